The van der Waals surface area contributed by atoms with Gasteiger partial charge < -0.3 is 10.2 Å². The van der Waals surface area contributed by atoms with Gasteiger partial charge in [-0.1, -0.05) is 35.1 Å². The number of nitrogens with zero attached hydrogens (tertiary/aromatic N) is 3. The Morgan fingerprint density at radius 3 is 2.59 bits per heavy atom. The van der Waals surface area contributed by atoms with E-state index in [2.05, 4.69) is 9.97 Å². The van der Waals surface area contributed by atoms with Crippen LogP contribution >= 0.6 is 22.9 Å². The number of ketones is 1. The summed E-state index contributed by atoms with van der Waals surface area (Å²) in [5, 5.41) is 22.4. The predicted molar refractivity (Wildman–Crippen MR) is 120 cm³/mol. The third-order valence-electron chi connectivity index (χ3n) is 4.92. The zero-order valence-corrected chi connectivity index (χ0v) is 17.7. The van der Waals surface area contributed by atoms with Gasteiger partial charge in [0.25, 0.3) is 0 Å². The lowest BCUT2D eigenvalue weighted by Gasteiger charge is -2.09. The molecule has 0 saturated heterocycles. The number of aromatic hydroxyl groups is 2. The Bertz CT molecular complexity index is 1480. The summed E-state index contributed by atoms with van der Waals surface area (Å²) in [5.74, 6) is -2.09. The predicted octanol–water partition coefficient (Wildman–Crippen LogP) is 5.58. The first kappa shape index (κ1) is 20.2. The molecule has 3 aromatic heterocycles. The highest BCUT2D eigenvalue weighted by atomic mass is 35.5. The number of pyridine rings is 1. The quantitative estimate of drug-likeness (QED) is 0.338. The Kier molecular flexibility index (Phi) is 4.88. The lowest BCUT2D eigenvalue weighted by Crippen LogP contribution is -2.05. The van der Waals surface area contributed by atoms with Gasteiger partial charge in [0.1, 0.15) is 5.82 Å². The molecule has 0 aliphatic heterocycles. The number of carbonyl (C=O) groups is 1. The molecule has 0 amide bonds. The van der Waals surface area contributed by atoms with Gasteiger partial charge in [-0.25, -0.2) is 9.37 Å². The molecular formula is C23H13ClFN3O3S. The van der Waals surface area contributed by atoms with Gasteiger partial charge in [0, 0.05) is 23.0 Å². The Labute approximate surface area is 189 Å². The molecule has 158 valence electrons. The number of fused-ring (bicyclic) bond motifs is 1. The number of carbonyl (C=O) groups excluding carboxylic acids is 1. The molecule has 5 aromatic rings. The van der Waals surface area contributed by atoms with Crippen molar-refractivity contribution in [3.8, 4) is 28.0 Å². The van der Waals surface area contributed by atoms with Crippen molar-refractivity contribution in [3.63, 3.8) is 0 Å². The number of hydrogen-bond acceptors (Lipinski definition) is 6. The fourth-order valence-electron chi connectivity index (χ4n) is 3.45. The third-order valence-corrected chi connectivity index (χ3v) is 6.18. The molecule has 3 heterocycles. The topological polar surface area (TPSA) is 88.2 Å². The molecule has 9 heteroatoms. The summed E-state index contributed by atoms with van der Waals surface area (Å²) in [5.41, 5.74) is 1.39. The smallest absolute Gasteiger partial charge is 0.242 e. The molecule has 5 rings (SSSR count). The van der Waals surface area contributed by atoms with E-state index in [1.165, 1.54) is 35.2 Å². The van der Waals surface area contributed by atoms with E-state index in [4.69, 9.17) is 11.6 Å². The van der Waals surface area contributed by atoms with Gasteiger partial charge in [0.05, 0.1) is 21.5 Å². The largest absolute Gasteiger partial charge is 0.503 e. The summed E-state index contributed by atoms with van der Waals surface area (Å²) < 4.78 is 15.5. The van der Waals surface area contributed by atoms with Crippen LogP contribution in [0.1, 0.15) is 15.9 Å². The number of thiazole rings is 1. The molecule has 2 aromatic carbocycles. The van der Waals surface area contributed by atoms with Gasteiger partial charge in [-0.3, -0.25) is 14.3 Å². The molecule has 32 heavy (non-hydrogen) atoms. The molecule has 0 radical (unpaired) electrons. The summed E-state index contributed by atoms with van der Waals surface area (Å²) in [6.07, 6.45) is 2.90. The van der Waals surface area contributed by atoms with Gasteiger partial charge in [-0.05, 0) is 48.0 Å². The fourth-order valence-corrected chi connectivity index (χ4v) is 4.58. The summed E-state index contributed by atoms with van der Waals surface area (Å²) in [7, 11) is 0. The van der Waals surface area contributed by atoms with Crippen LogP contribution < -0.4 is 0 Å². The van der Waals surface area contributed by atoms with Crippen molar-refractivity contribution in [3.05, 3.63) is 89.0 Å². The minimum Gasteiger partial charge on any atom is -0.503 e. The molecule has 2 N–H and O–H groups in total. The van der Waals surface area contributed by atoms with Crippen molar-refractivity contribution < 1.29 is 19.4 Å². The van der Waals surface area contributed by atoms with Crippen molar-refractivity contribution >= 4 is 38.9 Å². The van der Waals surface area contributed by atoms with Crippen LogP contribution in [0.2, 0.25) is 5.02 Å². The van der Waals surface area contributed by atoms with Crippen molar-refractivity contribution in [2.75, 3.05) is 0 Å². The maximum absolute atomic E-state index is 13.7. The van der Waals surface area contributed by atoms with E-state index in [0.717, 1.165) is 11.3 Å². The highest BCUT2D eigenvalue weighted by molar-refractivity contribution is 7.20. The van der Waals surface area contributed by atoms with Crippen molar-refractivity contribution in [1.82, 2.24) is 14.5 Å². The molecule has 0 saturated carbocycles. The van der Waals surface area contributed by atoms with Crippen LogP contribution in [0.5, 0.6) is 11.6 Å². The molecule has 0 fully saturated rings. The van der Waals surface area contributed by atoms with Crippen LogP contribution in [0, 0.1) is 5.82 Å². The minimum absolute atomic E-state index is 0.108. The summed E-state index contributed by atoms with van der Waals surface area (Å²) in [6.45, 7) is 0. The van der Waals surface area contributed by atoms with Gasteiger partial charge in [0.15, 0.2) is 10.9 Å². The van der Waals surface area contributed by atoms with Crippen LogP contribution in [-0.4, -0.2) is 30.5 Å². The van der Waals surface area contributed by atoms with Crippen LogP contribution in [-0.2, 0) is 0 Å². The highest BCUT2D eigenvalue weighted by Crippen LogP contribution is 2.45. The fraction of sp³-hybridized carbons (Fsp3) is 0. The molecule has 0 atom stereocenters. The number of benzene rings is 2. The molecule has 0 aliphatic rings. The van der Waals surface area contributed by atoms with Crippen molar-refractivity contribution in [2.24, 2.45) is 0 Å². The van der Waals surface area contributed by atoms with Gasteiger partial charge in [0.2, 0.25) is 11.7 Å². The number of hydrogen-bond donors (Lipinski definition) is 2. The molecule has 0 aliphatic carbocycles. The van der Waals surface area contributed by atoms with E-state index in [0.29, 0.717) is 20.8 Å². The van der Waals surface area contributed by atoms with Crippen LogP contribution in [0.25, 0.3) is 26.6 Å². The first-order valence-corrected chi connectivity index (χ1v) is 10.6. The first-order chi connectivity index (χ1) is 15.4. The van der Waals surface area contributed by atoms with E-state index in [-0.39, 0.29) is 22.0 Å². The van der Waals surface area contributed by atoms with E-state index >= 15 is 0 Å². The van der Waals surface area contributed by atoms with E-state index in [9.17, 15) is 19.4 Å². The average molecular weight is 466 g/mol. The van der Waals surface area contributed by atoms with Crippen LogP contribution in [0.3, 0.4) is 0 Å². The van der Waals surface area contributed by atoms with E-state index in [1.54, 1.807) is 36.4 Å². The monoisotopic (exact) mass is 465 g/mol. The first-order valence-electron chi connectivity index (χ1n) is 9.38. The Morgan fingerprint density at radius 2 is 1.88 bits per heavy atom. The second kappa shape index (κ2) is 7.74. The van der Waals surface area contributed by atoms with Crippen molar-refractivity contribution in [2.45, 2.75) is 0 Å². The van der Waals surface area contributed by atoms with Crippen molar-refractivity contribution in [1.29, 1.82) is 0 Å². The maximum atomic E-state index is 13.7. The van der Waals surface area contributed by atoms with Gasteiger partial charge in [-0.15, -0.1) is 0 Å². The summed E-state index contributed by atoms with van der Waals surface area (Å²) >= 11 is 7.14. The zero-order chi connectivity index (χ0) is 22.4. The Morgan fingerprint density at radius 1 is 1.09 bits per heavy atom. The standard InChI is InChI=1S/C23H13ClFN3O3S/c24-14-5-3-12(4-6-14)19-18(20(29)13-2-1-9-26-11-13)21(30)22(31)28(19)23-27-16-8-7-15(25)10-17(16)32-23/h1-11,30-31H. The highest BCUT2D eigenvalue weighted by Gasteiger charge is 2.31. The second-order valence-corrected chi connectivity index (χ2v) is 8.36. The number of aromatic nitrogens is 3. The molecular weight excluding hydrogens is 453 g/mol. The SMILES string of the molecule is O=C(c1cccnc1)c1c(O)c(O)n(-c2nc3ccc(F)cc3s2)c1-c1ccc(Cl)cc1. The lowest BCUT2D eigenvalue weighted by molar-refractivity contribution is 0.103. The number of rotatable bonds is 4. The van der Waals surface area contributed by atoms with Crippen LogP contribution in [0.4, 0.5) is 4.39 Å². The Hall–Kier alpha value is -3.75. The van der Waals surface area contributed by atoms with E-state index in [1.807, 2.05) is 0 Å². The van der Waals surface area contributed by atoms with Gasteiger partial charge in [-0.2, -0.15) is 0 Å². The summed E-state index contributed by atoms with van der Waals surface area (Å²) in [6, 6.07) is 13.9. The number of halogens is 2. The Balaban J connectivity index is 1.81. The van der Waals surface area contributed by atoms with Gasteiger partial charge >= 0.3 is 0 Å². The van der Waals surface area contributed by atoms with Crippen LogP contribution in [0.15, 0.2) is 67.0 Å². The molecule has 6 nitrogen and oxygen atoms in total. The molecule has 0 unspecified atom stereocenters. The molecule has 0 spiro atoms. The maximum Gasteiger partial charge on any atom is 0.242 e. The normalized spacial score (nSPS) is 11.2. The second-order valence-electron chi connectivity index (χ2n) is 6.92. The van der Waals surface area contributed by atoms with E-state index < -0.39 is 23.2 Å². The minimum atomic E-state index is -0.589. The molecule has 0 bridgehead atoms. The third kappa shape index (κ3) is 3.30. The average Bonchev–Trinajstić information content (AvgIpc) is 3.32. The lowest BCUT2D eigenvalue weighted by atomic mass is 10.0. The summed E-state index contributed by atoms with van der Waals surface area (Å²) in [4.78, 5) is 21.8. The zero-order valence-electron chi connectivity index (χ0n) is 16.2.